The predicted octanol–water partition coefficient (Wildman–Crippen LogP) is 3.09. The number of para-hydroxylation sites is 2. The van der Waals surface area contributed by atoms with Gasteiger partial charge in [-0.05, 0) is 43.3 Å². The monoisotopic (exact) mass is 354 g/mol. The first-order valence-corrected chi connectivity index (χ1v) is 8.59. The summed E-state index contributed by atoms with van der Waals surface area (Å²) in [4.78, 5) is 26.6. The number of carbonyl (C=O) groups excluding carboxylic acids is 2. The van der Waals surface area contributed by atoms with Gasteiger partial charge in [0.25, 0.3) is 0 Å². The number of hydrogen-bond donors (Lipinski definition) is 1. The van der Waals surface area contributed by atoms with E-state index in [2.05, 4.69) is 5.32 Å². The molecule has 1 aliphatic heterocycles. The Bertz CT molecular complexity index is 789. The number of nitrogens with zero attached hydrogens (tertiary/aromatic N) is 1. The van der Waals surface area contributed by atoms with E-state index in [1.54, 1.807) is 30.2 Å². The van der Waals surface area contributed by atoms with Crippen LogP contribution in [-0.2, 0) is 9.59 Å². The molecule has 1 saturated heterocycles. The van der Waals surface area contributed by atoms with Crippen molar-refractivity contribution in [1.82, 2.24) is 0 Å². The van der Waals surface area contributed by atoms with E-state index in [-0.39, 0.29) is 18.2 Å². The molecule has 6 heteroatoms. The fourth-order valence-corrected chi connectivity index (χ4v) is 2.98. The summed E-state index contributed by atoms with van der Waals surface area (Å²) in [5.41, 5.74) is 1.38. The molecule has 136 valence electrons. The topological polar surface area (TPSA) is 67.9 Å². The van der Waals surface area contributed by atoms with Crippen LogP contribution in [0.1, 0.15) is 13.3 Å². The van der Waals surface area contributed by atoms with Gasteiger partial charge in [-0.3, -0.25) is 9.59 Å². The van der Waals surface area contributed by atoms with E-state index < -0.39 is 5.92 Å². The van der Waals surface area contributed by atoms with Crippen LogP contribution in [0.4, 0.5) is 11.4 Å². The number of hydrogen-bond acceptors (Lipinski definition) is 4. The van der Waals surface area contributed by atoms with Crippen molar-refractivity contribution in [2.24, 2.45) is 5.92 Å². The molecule has 1 atom stereocenters. The lowest BCUT2D eigenvalue weighted by molar-refractivity contribution is -0.122. The zero-order valence-corrected chi connectivity index (χ0v) is 14.9. The van der Waals surface area contributed by atoms with Gasteiger partial charge in [-0.15, -0.1) is 0 Å². The highest BCUT2D eigenvalue weighted by Crippen LogP contribution is 2.29. The Morgan fingerprint density at radius 3 is 2.62 bits per heavy atom. The number of benzene rings is 2. The Kier molecular flexibility index (Phi) is 5.41. The van der Waals surface area contributed by atoms with E-state index in [4.69, 9.17) is 9.47 Å². The van der Waals surface area contributed by atoms with E-state index in [0.717, 1.165) is 11.4 Å². The van der Waals surface area contributed by atoms with E-state index in [1.165, 1.54) is 0 Å². The van der Waals surface area contributed by atoms with Crippen LogP contribution in [0, 0.1) is 5.92 Å². The molecule has 1 N–H and O–H groups in total. The molecule has 0 radical (unpaired) electrons. The number of methoxy groups -OCH3 is 1. The summed E-state index contributed by atoms with van der Waals surface area (Å²) in [7, 11) is 1.59. The zero-order chi connectivity index (χ0) is 18.5. The maximum Gasteiger partial charge on any atom is 0.229 e. The number of rotatable bonds is 6. The number of amides is 2. The Labute approximate surface area is 152 Å². The lowest BCUT2D eigenvalue weighted by Gasteiger charge is -2.17. The molecule has 3 rings (SSSR count). The molecule has 6 nitrogen and oxygen atoms in total. The van der Waals surface area contributed by atoms with Gasteiger partial charge < -0.3 is 19.7 Å². The van der Waals surface area contributed by atoms with E-state index >= 15 is 0 Å². The van der Waals surface area contributed by atoms with Crippen LogP contribution < -0.4 is 19.7 Å². The van der Waals surface area contributed by atoms with Gasteiger partial charge in [0, 0.05) is 18.7 Å². The van der Waals surface area contributed by atoms with Gasteiger partial charge in [-0.1, -0.05) is 12.1 Å². The maximum absolute atomic E-state index is 12.6. The third kappa shape index (κ3) is 3.79. The Morgan fingerprint density at radius 1 is 1.19 bits per heavy atom. The molecule has 0 unspecified atom stereocenters. The SMILES string of the molecule is CCOc1ccccc1NC(=O)[C@H]1CC(=O)N(c2ccc(OC)cc2)C1. The maximum atomic E-state index is 12.6. The smallest absolute Gasteiger partial charge is 0.229 e. The van der Waals surface area contributed by atoms with Crippen molar-refractivity contribution >= 4 is 23.2 Å². The lowest BCUT2D eigenvalue weighted by atomic mass is 10.1. The second kappa shape index (κ2) is 7.91. The molecule has 26 heavy (non-hydrogen) atoms. The first-order valence-electron chi connectivity index (χ1n) is 8.59. The number of carbonyl (C=O) groups is 2. The van der Waals surface area contributed by atoms with Crippen molar-refractivity contribution < 1.29 is 19.1 Å². The minimum absolute atomic E-state index is 0.0617. The van der Waals surface area contributed by atoms with Crippen LogP contribution >= 0.6 is 0 Å². The first kappa shape index (κ1) is 17.8. The van der Waals surface area contributed by atoms with Crippen molar-refractivity contribution in [3.8, 4) is 11.5 Å². The summed E-state index contributed by atoms with van der Waals surface area (Å²) in [6.45, 7) is 2.76. The number of anilines is 2. The first-order chi connectivity index (χ1) is 12.6. The summed E-state index contributed by atoms with van der Waals surface area (Å²) in [5, 5.41) is 2.89. The summed E-state index contributed by atoms with van der Waals surface area (Å²) >= 11 is 0. The highest BCUT2D eigenvalue weighted by atomic mass is 16.5. The van der Waals surface area contributed by atoms with E-state index in [0.29, 0.717) is 24.6 Å². The highest BCUT2D eigenvalue weighted by molar-refractivity contribution is 6.03. The Hall–Kier alpha value is -3.02. The van der Waals surface area contributed by atoms with Gasteiger partial charge in [0.2, 0.25) is 11.8 Å². The van der Waals surface area contributed by atoms with Crippen molar-refractivity contribution in [2.75, 3.05) is 30.5 Å². The molecule has 1 fully saturated rings. The molecule has 1 heterocycles. The van der Waals surface area contributed by atoms with Crippen molar-refractivity contribution in [3.05, 3.63) is 48.5 Å². The van der Waals surface area contributed by atoms with Gasteiger partial charge in [-0.2, -0.15) is 0 Å². The molecule has 0 aliphatic carbocycles. The van der Waals surface area contributed by atoms with Gasteiger partial charge >= 0.3 is 0 Å². The van der Waals surface area contributed by atoms with Crippen LogP contribution in [0.3, 0.4) is 0 Å². The largest absolute Gasteiger partial charge is 0.497 e. The fourth-order valence-electron chi connectivity index (χ4n) is 2.98. The minimum atomic E-state index is -0.403. The lowest BCUT2D eigenvalue weighted by Crippen LogP contribution is -2.28. The molecule has 0 saturated carbocycles. The standard InChI is InChI=1S/C20H22N2O4/c1-3-26-18-7-5-4-6-17(18)21-20(24)14-12-19(23)22(13-14)15-8-10-16(25-2)11-9-15/h4-11,14H,3,12-13H2,1-2H3,(H,21,24)/t14-/m0/s1. The van der Waals surface area contributed by atoms with Crippen molar-refractivity contribution in [2.45, 2.75) is 13.3 Å². The molecule has 2 aromatic rings. The number of ether oxygens (including phenoxy) is 2. The van der Waals surface area contributed by atoms with Gasteiger partial charge in [0.1, 0.15) is 11.5 Å². The predicted molar refractivity (Wildman–Crippen MR) is 99.7 cm³/mol. The van der Waals surface area contributed by atoms with Crippen LogP contribution in [0.15, 0.2) is 48.5 Å². The average molecular weight is 354 g/mol. The molecule has 2 amide bonds. The average Bonchev–Trinajstić information content (AvgIpc) is 3.05. The van der Waals surface area contributed by atoms with E-state index in [9.17, 15) is 9.59 Å². The van der Waals surface area contributed by atoms with Crippen LogP contribution in [0.25, 0.3) is 0 Å². The molecule has 0 bridgehead atoms. The summed E-state index contributed by atoms with van der Waals surface area (Å²) < 4.78 is 10.7. The summed E-state index contributed by atoms with van der Waals surface area (Å²) in [6, 6.07) is 14.5. The Morgan fingerprint density at radius 2 is 1.92 bits per heavy atom. The van der Waals surface area contributed by atoms with E-state index in [1.807, 2.05) is 37.3 Å². The summed E-state index contributed by atoms with van der Waals surface area (Å²) in [5.74, 6) is 0.705. The molecule has 0 spiro atoms. The van der Waals surface area contributed by atoms with Crippen LogP contribution in [-0.4, -0.2) is 32.1 Å². The van der Waals surface area contributed by atoms with Crippen molar-refractivity contribution in [3.63, 3.8) is 0 Å². The second-order valence-corrected chi connectivity index (χ2v) is 6.02. The second-order valence-electron chi connectivity index (χ2n) is 6.02. The van der Waals surface area contributed by atoms with Gasteiger partial charge in [0.15, 0.2) is 0 Å². The zero-order valence-electron chi connectivity index (χ0n) is 14.9. The third-order valence-corrected chi connectivity index (χ3v) is 4.32. The van der Waals surface area contributed by atoms with Crippen LogP contribution in [0.2, 0.25) is 0 Å². The normalized spacial score (nSPS) is 16.5. The van der Waals surface area contributed by atoms with Crippen molar-refractivity contribution in [1.29, 1.82) is 0 Å². The molecule has 2 aromatic carbocycles. The van der Waals surface area contributed by atoms with Gasteiger partial charge in [-0.25, -0.2) is 0 Å². The molecular formula is C20H22N2O4. The molecule has 1 aliphatic rings. The Balaban J connectivity index is 1.69. The van der Waals surface area contributed by atoms with Gasteiger partial charge in [0.05, 0.1) is 25.3 Å². The molecular weight excluding hydrogens is 332 g/mol. The highest BCUT2D eigenvalue weighted by Gasteiger charge is 2.35. The summed E-state index contributed by atoms with van der Waals surface area (Å²) in [6.07, 6.45) is 0.189. The van der Waals surface area contributed by atoms with Crippen LogP contribution in [0.5, 0.6) is 11.5 Å². The molecule has 0 aromatic heterocycles. The minimum Gasteiger partial charge on any atom is -0.497 e. The fraction of sp³-hybridized carbons (Fsp3) is 0.300. The quantitative estimate of drug-likeness (QED) is 0.866. The third-order valence-electron chi connectivity index (χ3n) is 4.32. The number of nitrogens with one attached hydrogen (secondary N) is 1.